The Morgan fingerprint density at radius 2 is 0.915 bits per heavy atom. The number of anilines is 3. The number of aryl methyl sites for hydroxylation is 3. The first-order valence-corrected chi connectivity index (χ1v) is 34.6. The van der Waals surface area contributed by atoms with Crippen LogP contribution in [0.15, 0.2) is 91.0 Å². The van der Waals surface area contributed by atoms with Crippen molar-refractivity contribution in [2.75, 3.05) is 74.4 Å². The second-order valence-corrected chi connectivity index (χ2v) is 27.0. The second-order valence-electron chi connectivity index (χ2n) is 24.9. The van der Waals surface area contributed by atoms with Crippen LogP contribution >= 0.6 is 71.0 Å². The van der Waals surface area contributed by atoms with Gasteiger partial charge in [0.1, 0.15) is 95.9 Å². The standard InChI is InChI=1S/C24H26F3N7O2S.C22H22ClF3N6O.C15H22N4O.C7HCl2F3N2.2ClH/c1-33-15-5-3-2-4-14(15)31-22(33)16(35)11-30-12-6-8-34(9-7-12)17-10-13(24(25,26)27)18-19(28)20(21(29)36)37-23(18)32-17;1-31-17-5-3-2-4-16(17)29-21(31)18(33)12-28-13-6-8-32(9-7-13)19-10-15(22(24,25)26)14(11-27)20(23)30-19;1-19-13-5-3-2-4-12(13)18-15(19)14(20)10-17-11-6-8-16-9-7-11;8-5-1-4(7(10,11)12)3(2-13)6(9)14-5;;/h2-5,10,12,16,30,35H,6-9,11,28H2,1H3,(H2,29,36);2-5,10,13,18,28,33H,6-9,12H2,1H3;2-5,11,14,16-17,20H,6-10H2,1H3;1H;2*1H. The molecule has 10 aromatic rings. The van der Waals surface area contributed by atoms with Crippen LogP contribution in [0, 0.1) is 22.7 Å². The number of nitriles is 2. The van der Waals surface area contributed by atoms with Crippen molar-refractivity contribution in [1.82, 2.24) is 64.9 Å². The number of piperidine rings is 3. The van der Waals surface area contributed by atoms with Crippen molar-refractivity contribution in [2.24, 2.45) is 26.9 Å². The first-order valence-electron chi connectivity index (χ1n) is 32.6. The van der Waals surface area contributed by atoms with Crippen LogP contribution in [0.5, 0.6) is 0 Å². The molecule has 0 spiro atoms. The summed E-state index contributed by atoms with van der Waals surface area (Å²) in [4.78, 5) is 40.3. The number of benzene rings is 3. The number of aliphatic hydroxyl groups is 3. The molecule has 3 aliphatic heterocycles. The Balaban J connectivity index is 0.000000188. The number of thiophene rings is 1. The third-order valence-electron chi connectivity index (χ3n) is 18.1. The van der Waals surface area contributed by atoms with E-state index >= 15 is 0 Å². The number of halogens is 14. The molecular formula is C68H73Cl5F9N19O4S. The number of aromatic nitrogens is 9. The third-order valence-corrected chi connectivity index (χ3v) is 19.9. The molecule has 1 amide bonds. The molecule has 3 unspecified atom stereocenters. The molecule has 13 rings (SSSR count). The smallest absolute Gasteiger partial charge is 0.397 e. The number of fused-ring (bicyclic) bond motifs is 4. The number of primary amides is 1. The lowest BCUT2D eigenvalue weighted by Crippen LogP contribution is -2.44. The molecule has 7 aromatic heterocycles. The van der Waals surface area contributed by atoms with Crippen LogP contribution in [0.25, 0.3) is 43.3 Å². The Morgan fingerprint density at radius 3 is 1.28 bits per heavy atom. The van der Waals surface area contributed by atoms with Gasteiger partial charge in [-0.15, -0.1) is 36.2 Å². The SMILES string of the molecule is Cl.Cl.Cn1c(C(O)CNC2CCN(c3cc(C(F)(F)F)c(C#N)c(Cl)n3)CC2)nc2ccccc21.Cn1c(C(O)CNC2CCN(c3cc(C(F)(F)F)c4c(N)c(C(N)=O)sc4n3)CC2)nc2ccccc21.Cn1c(C(O)CNC2CCNCC2)nc2ccccc21.N#Cc1c(C(F)(F)F)cc(Cl)nc1Cl. The first-order chi connectivity index (χ1) is 49.3. The number of carbonyl (C=O) groups excluding carboxylic acids is 1. The fourth-order valence-corrected chi connectivity index (χ4v) is 14.3. The van der Waals surface area contributed by atoms with Crippen LogP contribution in [-0.4, -0.2) is 142 Å². The molecule has 0 bridgehead atoms. The van der Waals surface area contributed by atoms with Crippen molar-refractivity contribution in [3.8, 4) is 12.1 Å². The van der Waals surface area contributed by atoms with Gasteiger partial charge in [-0.3, -0.25) is 4.79 Å². The van der Waals surface area contributed by atoms with Crippen LogP contribution in [0.3, 0.4) is 0 Å². The highest BCUT2D eigenvalue weighted by molar-refractivity contribution is 7.21. The van der Waals surface area contributed by atoms with Crippen molar-refractivity contribution in [2.45, 2.75) is 93.5 Å². The molecule has 3 fully saturated rings. The molecule has 0 radical (unpaired) electrons. The number of carbonyl (C=O) groups is 1. The van der Waals surface area contributed by atoms with E-state index in [0.29, 0.717) is 95.3 Å². The number of nitrogens with one attached hydrogen (secondary N) is 4. The lowest BCUT2D eigenvalue weighted by Gasteiger charge is -2.34. The zero-order valence-electron chi connectivity index (χ0n) is 56.7. The average molecular weight is 1600 g/mol. The number of pyridine rings is 3. The quantitative estimate of drug-likeness (QED) is 0.0340. The maximum atomic E-state index is 13.9. The van der Waals surface area contributed by atoms with E-state index in [0.717, 1.165) is 88.3 Å². The summed E-state index contributed by atoms with van der Waals surface area (Å²) < 4.78 is 124. The lowest BCUT2D eigenvalue weighted by atomic mass is 10.0. The lowest BCUT2D eigenvalue weighted by molar-refractivity contribution is -0.138. The van der Waals surface area contributed by atoms with E-state index in [2.05, 4.69) is 51.2 Å². The Kier molecular flexibility index (Phi) is 28.1. The van der Waals surface area contributed by atoms with E-state index in [1.807, 2.05) is 108 Å². The highest BCUT2D eigenvalue weighted by Gasteiger charge is 2.40. The minimum atomic E-state index is -4.70. The molecule has 3 aromatic carbocycles. The Hall–Kier alpha value is -8.13. The first kappa shape index (κ1) is 83.5. The van der Waals surface area contributed by atoms with Gasteiger partial charge in [0.05, 0.1) is 55.5 Å². The molecule has 10 heterocycles. The van der Waals surface area contributed by atoms with Gasteiger partial charge in [0.2, 0.25) is 0 Å². The van der Waals surface area contributed by atoms with Gasteiger partial charge in [-0.25, -0.2) is 29.9 Å². The summed E-state index contributed by atoms with van der Waals surface area (Å²) in [5.41, 5.74) is 11.8. The van der Waals surface area contributed by atoms with Gasteiger partial charge in [-0.05, 0) is 106 Å². The number of hydrogen-bond donors (Lipinski definition) is 9. The van der Waals surface area contributed by atoms with Crippen LogP contribution in [-0.2, 0) is 39.7 Å². The molecule has 3 atom stereocenters. The average Bonchev–Trinajstić information content (AvgIpc) is 1.54. The van der Waals surface area contributed by atoms with Gasteiger partial charge in [-0.2, -0.15) is 50.0 Å². The summed E-state index contributed by atoms with van der Waals surface area (Å²) in [5, 5.41) is 61.0. The maximum absolute atomic E-state index is 13.9. The van der Waals surface area contributed by atoms with Crippen molar-refractivity contribution in [3.05, 3.63) is 157 Å². The molecule has 106 heavy (non-hydrogen) atoms. The van der Waals surface area contributed by atoms with Crippen LogP contribution in [0.4, 0.5) is 56.8 Å². The summed E-state index contributed by atoms with van der Waals surface area (Å²) in [6, 6.07) is 29.2. The summed E-state index contributed by atoms with van der Waals surface area (Å²) in [6.07, 6.45) is -11.4. The fourth-order valence-electron chi connectivity index (χ4n) is 12.6. The van der Waals surface area contributed by atoms with E-state index in [4.69, 9.17) is 56.8 Å². The number of aliphatic hydroxyl groups excluding tert-OH is 3. The Labute approximate surface area is 632 Å². The molecule has 23 nitrogen and oxygen atoms in total. The highest BCUT2D eigenvalue weighted by atomic mass is 35.5. The van der Waals surface area contributed by atoms with Gasteiger partial charge in [0.15, 0.2) is 0 Å². The minimum absolute atomic E-state index is 0. The van der Waals surface area contributed by atoms with Gasteiger partial charge in [0.25, 0.3) is 5.91 Å². The number of nitrogen functional groups attached to an aromatic ring is 1. The predicted molar refractivity (Wildman–Crippen MR) is 392 cm³/mol. The summed E-state index contributed by atoms with van der Waals surface area (Å²) in [6.45, 7) is 5.15. The van der Waals surface area contributed by atoms with Crippen LogP contribution in [0.2, 0.25) is 15.5 Å². The second kappa shape index (κ2) is 35.7. The summed E-state index contributed by atoms with van der Waals surface area (Å²) in [5.74, 6) is 1.25. The van der Waals surface area contributed by atoms with E-state index in [1.54, 1.807) is 9.80 Å². The van der Waals surface area contributed by atoms with E-state index < -0.39 is 86.0 Å². The summed E-state index contributed by atoms with van der Waals surface area (Å²) >= 11 is 17.2. The third kappa shape index (κ3) is 19.6. The predicted octanol–water partition coefficient (Wildman–Crippen LogP) is 12.0. The number of nitrogens with two attached hydrogens (primary N) is 2. The molecule has 0 saturated carbocycles. The van der Waals surface area contributed by atoms with Gasteiger partial charge in [0, 0.05) is 90.5 Å². The molecule has 3 aliphatic rings. The molecular weight excluding hydrogens is 1530 g/mol. The van der Waals surface area contributed by atoms with Crippen LogP contribution in [0.1, 0.15) is 112 Å². The largest absolute Gasteiger partial charge is 0.417 e. The van der Waals surface area contributed by atoms with Crippen molar-refractivity contribution < 1.29 is 59.6 Å². The van der Waals surface area contributed by atoms with Gasteiger partial charge in [-0.1, -0.05) is 71.2 Å². The number of amides is 1. The van der Waals surface area contributed by atoms with E-state index in [1.165, 1.54) is 12.1 Å². The summed E-state index contributed by atoms with van der Waals surface area (Å²) in [7, 11) is 5.68. The van der Waals surface area contributed by atoms with E-state index in [-0.39, 0.29) is 69.3 Å². The number of imidazole rings is 3. The molecule has 0 aliphatic carbocycles. The normalized spacial score (nSPS) is 15.6. The minimum Gasteiger partial charge on any atom is -0.397 e. The molecule has 568 valence electrons. The van der Waals surface area contributed by atoms with Gasteiger partial charge < -0.3 is 71.6 Å². The molecule has 11 N–H and O–H groups in total. The molecule has 38 heteroatoms. The van der Waals surface area contributed by atoms with Crippen LogP contribution < -0.4 is 42.5 Å². The van der Waals surface area contributed by atoms with Crippen molar-refractivity contribution in [3.63, 3.8) is 0 Å². The number of hydrogen-bond acceptors (Lipinski definition) is 20. The fraction of sp³-hybridized carbons (Fsp3) is 0.397. The number of rotatable bonds is 15. The molecule has 3 saturated heterocycles. The zero-order chi connectivity index (χ0) is 75.1. The monoisotopic (exact) mass is 1600 g/mol. The van der Waals surface area contributed by atoms with Gasteiger partial charge >= 0.3 is 18.5 Å². The Morgan fingerprint density at radius 1 is 0.566 bits per heavy atom. The van der Waals surface area contributed by atoms with E-state index in [9.17, 15) is 59.6 Å². The number of alkyl halides is 9. The highest BCUT2D eigenvalue weighted by Crippen LogP contribution is 2.44. The van der Waals surface area contributed by atoms with Crippen molar-refractivity contribution in [1.29, 1.82) is 10.5 Å². The number of nitrogens with zero attached hydrogens (tertiary/aromatic N) is 13. The zero-order valence-corrected chi connectivity index (χ0v) is 61.4. The maximum Gasteiger partial charge on any atom is 0.417 e. The Bertz CT molecular complexity index is 4790. The topological polar surface area (TPSA) is 324 Å². The van der Waals surface area contributed by atoms with Crippen molar-refractivity contribution >= 4 is 138 Å². The number of para-hydroxylation sites is 6.